The summed E-state index contributed by atoms with van der Waals surface area (Å²) in [6.07, 6.45) is 4.41. The fourth-order valence-electron chi connectivity index (χ4n) is 3.74. The Hall–Kier alpha value is -3.04. The van der Waals surface area contributed by atoms with Crippen molar-refractivity contribution in [3.05, 3.63) is 76.5 Å². The molecule has 168 valence electrons. The van der Waals surface area contributed by atoms with Gasteiger partial charge >= 0.3 is 6.03 Å². The lowest BCUT2D eigenvalue weighted by Gasteiger charge is -2.34. The minimum atomic E-state index is -0.302. The normalized spacial score (nSPS) is 15.3. The summed E-state index contributed by atoms with van der Waals surface area (Å²) in [5.41, 5.74) is 0.851. The minimum absolute atomic E-state index is 0.223. The molecule has 1 unspecified atom stereocenters. The van der Waals surface area contributed by atoms with E-state index >= 15 is 0 Å². The highest BCUT2D eigenvalue weighted by Gasteiger charge is 2.19. The zero-order valence-corrected chi connectivity index (χ0v) is 18.6. The Balaban J connectivity index is 1.20. The monoisotopic (exact) mass is 454 g/mol. The average Bonchev–Trinajstić information content (AvgIpc) is 3.37. The molecule has 0 bridgehead atoms. The molecule has 1 atom stereocenters. The zero-order chi connectivity index (χ0) is 22.2. The van der Waals surface area contributed by atoms with E-state index in [0.29, 0.717) is 6.54 Å². The molecule has 1 fully saturated rings. The maximum Gasteiger partial charge on any atom is 0.315 e. The van der Waals surface area contributed by atoms with Gasteiger partial charge in [-0.3, -0.25) is 4.90 Å². The number of anilines is 1. The van der Waals surface area contributed by atoms with E-state index in [1.807, 2.05) is 23.6 Å². The Bertz CT molecular complexity index is 962. The summed E-state index contributed by atoms with van der Waals surface area (Å²) < 4.78 is 13.3. The van der Waals surface area contributed by atoms with Crippen LogP contribution in [0.5, 0.6) is 0 Å². The first-order chi connectivity index (χ1) is 15.7. The van der Waals surface area contributed by atoms with Gasteiger partial charge in [-0.2, -0.15) is 0 Å². The second-order valence-corrected chi connectivity index (χ2v) is 8.61. The zero-order valence-electron chi connectivity index (χ0n) is 17.8. The first-order valence-corrected chi connectivity index (χ1v) is 11.6. The number of thiophene rings is 1. The molecule has 0 saturated carbocycles. The first kappa shape index (κ1) is 22.2. The number of nitrogens with zero attached hydrogens (tertiary/aromatic N) is 4. The molecule has 9 heteroatoms. The van der Waals surface area contributed by atoms with Gasteiger partial charge in [0, 0.05) is 50.0 Å². The quantitative estimate of drug-likeness (QED) is 0.511. The highest BCUT2D eigenvalue weighted by molar-refractivity contribution is 7.10. The van der Waals surface area contributed by atoms with E-state index < -0.39 is 0 Å². The Morgan fingerprint density at radius 3 is 2.50 bits per heavy atom. The van der Waals surface area contributed by atoms with Crippen LogP contribution < -0.4 is 15.5 Å². The molecule has 2 aromatic heterocycles. The molecule has 7 nitrogen and oxygen atoms in total. The van der Waals surface area contributed by atoms with Crippen LogP contribution in [0.3, 0.4) is 0 Å². The third kappa shape index (κ3) is 6.02. The van der Waals surface area contributed by atoms with E-state index in [1.165, 1.54) is 12.1 Å². The van der Waals surface area contributed by atoms with Crippen molar-refractivity contribution >= 4 is 23.3 Å². The van der Waals surface area contributed by atoms with Crippen LogP contribution in [0.4, 0.5) is 15.1 Å². The predicted molar refractivity (Wildman–Crippen MR) is 124 cm³/mol. The number of halogens is 1. The fraction of sp³-hybridized carbons (Fsp3) is 0.348. The van der Waals surface area contributed by atoms with Gasteiger partial charge in [-0.15, -0.1) is 11.3 Å². The average molecular weight is 455 g/mol. The number of urea groups is 1. The highest BCUT2D eigenvalue weighted by atomic mass is 32.1. The van der Waals surface area contributed by atoms with Crippen molar-refractivity contribution in [2.75, 3.05) is 44.2 Å². The summed E-state index contributed by atoms with van der Waals surface area (Å²) in [6, 6.07) is 11.5. The van der Waals surface area contributed by atoms with E-state index in [0.717, 1.165) is 55.5 Å². The Kier molecular flexibility index (Phi) is 7.63. The molecule has 32 heavy (non-hydrogen) atoms. The number of rotatable bonds is 8. The number of amides is 2. The Morgan fingerprint density at radius 1 is 1.06 bits per heavy atom. The van der Waals surface area contributed by atoms with Crippen molar-refractivity contribution < 1.29 is 9.18 Å². The minimum Gasteiger partial charge on any atom is -0.338 e. The van der Waals surface area contributed by atoms with E-state index in [2.05, 4.69) is 30.4 Å². The molecule has 0 radical (unpaired) electrons. The van der Waals surface area contributed by atoms with Crippen molar-refractivity contribution in [3.8, 4) is 0 Å². The number of aromatic nitrogens is 2. The second kappa shape index (κ2) is 11.0. The van der Waals surface area contributed by atoms with Gasteiger partial charge in [0.25, 0.3) is 0 Å². The summed E-state index contributed by atoms with van der Waals surface area (Å²) in [6.45, 7) is 5.23. The molecule has 4 rings (SSSR count). The lowest BCUT2D eigenvalue weighted by atomic mass is 10.1. The number of hydrogen-bond acceptors (Lipinski definition) is 6. The molecule has 1 aliphatic heterocycles. The standard InChI is InChI=1S/C23H27FN6OS/c24-19-7-5-18(6-8-19)21(20-4-1-17-32-20)28-23(31)27-11-3-12-29-13-15-30(16-14-29)22-25-9-2-10-26-22/h1-2,4-10,17,21H,3,11-16H2,(H2,27,28,31). The summed E-state index contributed by atoms with van der Waals surface area (Å²) in [7, 11) is 0. The lowest BCUT2D eigenvalue weighted by molar-refractivity contribution is 0.234. The summed E-state index contributed by atoms with van der Waals surface area (Å²) in [5.74, 6) is 0.493. The number of piperazine rings is 1. The van der Waals surface area contributed by atoms with Gasteiger partial charge < -0.3 is 15.5 Å². The van der Waals surface area contributed by atoms with E-state index in [1.54, 1.807) is 35.9 Å². The van der Waals surface area contributed by atoms with Crippen LogP contribution in [0, 0.1) is 5.82 Å². The van der Waals surface area contributed by atoms with Gasteiger partial charge in [0.2, 0.25) is 5.95 Å². The summed E-state index contributed by atoms with van der Waals surface area (Å²) in [4.78, 5) is 26.7. The number of carbonyl (C=O) groups is 1. The lowest BCUT2D eigenvalue weighted by Crippen LogP contribution is -2.47. The Labute approximate surface area is 191 Å². The number of benzene rings is 1. The number of carbonyl (C=O) groups excluding carboxylic acids is 1. The first-order valence-electron chi connectivity index (χ1n) is 10.8. The van der Waals surface area contributed by atoms with Crippen LogP contribution in [-0.4, -0.2) is 60.2 Å². The highest BCUT2D eigenvalue weighted by Crippen LogP contribution is 2.26. The van der Waals surface area contributed by atoms with E-state index in [9.17, 15) is 9.18 Å². The molecule has 0 spiro atoms. The molecule has 0 aliphatic carbocycles. The van der Waals surface area contributed by atoms with E-state index in [-0.39, 0.29) is 17.9 Å². The Morgan fingerprint density at radius 2 is 1.81 bits per heavy atom. The van der Waals surface area contributed by atoms with Gasteiger partial charge in [-0.1, -0.05) is 18.2 Å². The molecule has 2 amide bonds. The summed E-state index contributed by atoms with van der Waals surface area (Å²) in [5, 5.41) is 7.94. The van der Waals surface area contributed by atoms with Gasteiger partial charge in [-0.05, 0) is 48.2 Å². The second-order valence-electron chi connectivity index (χ2n) is 7.63. The smallest absolute Gasteiger partial charge is 0.315 e. The molecule has 1 aromatic carbocycles. The van der Waals surface area contributed by atoms with Gasteiger partial charge in [-0.25, -0.2) is 19.2 Å². The topological polar surface area (TPSA) is 73.4 Å². The third-order valence-electron chi connectivity index (χ3n) is 5.45. The molecule has 1 saturated heterocycles. The third-order valence-corrected chi connectivity index (χ3v) is 6.39. The molecule has 2 N–H and O–H groups in total. The van der Waals surface area contributed by atoms with Crippen LogP contribution in [-0.2, 0) is 0 Å². The van der Waals surface area contributed by atoms with Crippen LogP contribution in [0.1, 0.15) is 22.9 Å². The van der Waals surface area contributed by atoms with Crippen LogP contribution in [0.2, 0.25) is 0 Å². The number of nitrogens with one attached hydrogen (secondary N) is 2. The maximum atomic E-state index is 13.3. The van der Waals surface area contributed by atoms with E-state index in [4.69, 9.17) is 0 Å². The SMILES string of the molecule is O=C(NCCCN1CCN(c2ncccn2)CC1)NC(c1ccc(F)cc1)c1cccs1. The van der Waals surface area contributed by atoms with Crippen molar-refractivity contribution in [3.63, 3.8) is 0 Å². The summed E-state index contributed by atoms with van der Waals surface area (Å²) >= 11 is 1.56. The van der Waals surface area contributed by atoms with Crippen molar-refractivity contribution in [2.45, 2.75) is 12.5 Å². The van der Waals surface area contributed by atoms with Gasteiger partial charge in [0.05, 0.1) is 6.04 Å². The molecular weight excluding hydrogens is 427 g/mol. The van der Waals surface area contributed by atoms with Crippen molar-refractivity contribution in [1.29, 1.82) is 0 Å². The van der Waals surface area contributed by atoms with Crippen LogP contribution in [0.25, 0.3) is 0 Å². The van der Waals surface area contributed by atoms with Crippen LogP contribution >= 0.6 is 11.3 Å². The molecular formula is C23H27FN6OS. The van der Waals surface area contributed by atoms with Crippen molar-refractivity contribution in [2.24, 2.45) is 0 Å². The predicted octanol–water partition coefficient (Wildman–Crippen LogP) is 3.28. The van der Waals surface area contributed by atoms with Crippen molar-refractivity contribution in [1.82, 2.24) is 25.5 Å². The van der Waals surface area contributed by atoms with Gasteiger partial charge in [0.1, 0.15) is 5.82 Å². The molecule has 1 aliphatic rings. The maximum absolute atomic E-state index is 13.3. The van der Waals surface area contributed by atoms with Crippen LogP contribution in [0.15, 0.2) is 60.2 Å². The fourth-order valence-corrected chi connectivity index (χ4v) is 4.54. The number of hydrogen-bond donors (Lipinski definition) is 2. The van der Waals surface area contributed by atoms with Gasteiger partial charge in [0.15, 0.2) is 0 Å². The largest absolute Gasteiger partial charge is 0.338 e. The molecule has 3 heterocycles. The molecule has 3 aromatic rings.